The highest BCUT2D eigenvalue weighted by molar-refractivity contribution is 5.28. The lowest BCUT2D eigenvalue weighted by molar-refractivity contribution is 0.0470. The fourth-order valence-corrected chi connectivity index (χ4v) is 3.68. The molecule has 5 heteroatoms. The van der Waals surface area contributed by atoms with E-state index in [1.165, 1.54) is 24.9 Å². The third-order valence-electron chi connectivity index (χ3n) is 5.44. The summed E-state index contributed by atoms with van der Waals surface area (Å²) in [7, 11) is 2.19. The van der Waals surface area contributed by atoms with Crippen molar-refractivity contribution in [1.82, 2.24) is 14.7 Å². The highest BCUT2D eigenvalue weighted by Gasteiger charge is 2.22. The molecule has 1 saturated heterocycles. The summed E-state index contributed by atoms with van der Waals surface area (Å²) < 4.78 is 5.86. The Bertz CT molecular complexity index is 542. The fourth-order valence-electron chi connectivity index (χ4n) is 3.68. The standard InChI is InChI=1S/C21H35N3O2/c1-3-23-9-11-24(12-10-23)16-20(25)17-26-21-6-4-5-19(13-21)15-22(2)14-18-7-8-18/h4-6,13,18,20,25H,3,7-12,14-17H2,1-2H3. The summed E-state index contributed by atoms with van der Waals surface area (Å²) in [6, 6.07) is 8.29. The first kappa shape index (κ1) is 19.6. The average molecular weight is 362 g/mol. The monoisotopic (exact) mass is 361 g/mol. The number of hydrogen-bond acceptors (Lipinski definition) is 5. The van der Waals surface area contributed by atoms with E-state index in [4.69, 9.17) is 4.74 Å². The molecule has 2 fully saturated rings. The van der Waals surface area contributed by atoms with Crippen LogP contribution in [0.4, 0.5) is 0 Å². The molecule has 1 aromatic rings. The van der Waals surface area contributed by atoms with Gasteiger partial charge in [-0.25, -0.2) is 0 Å². The van der Waals surface area contributed by atoms with Crippen molar-refractivity contribution >= 4 is 0 Å². The molecule has 1 N–H and O–H groups in total. The number of rotatable bonds is 10. The van der Waals surface area contributed by atoms with Gasteiger partial charge in [-0.2, -0.15) is 0 Å². The van der Waals surface area contributed by atoms with E-state index in [1.54, 1.807) is 0 Å². The largest absolute Gasteiger partial charge is 0.491 e. The molecule has 5 nitrogen and oxygen atoms in total. The van der Waals surface area contributed by atoms with E-state index in [0.29, 0.717) is 13.2 Å². The number of piperazine rings is 1. The Morgan fingerprint density at radius 1 is 1.19 bits per heavy atom. The topological polar surface area (TPSA) is 39.2 Å². The highest BCUT2D eigenvalue weighted by atomic mass is 16.5. The lowest BCUT2D eigenvalue weighted by atomic mass is 10.2. The van der Waals surface area contributed by atoms with Crippen LogP contribution in [0.5, 0.6) is 5.75 Å². The maximum atomic E-state index is 10.3. The molecule has 3 rings (SSSR count). The van der Waals surface area contributed by atoms with Crippen LogP contribution >= 0.6 is 0 Å². The predicted octanol–water partition coefficient (Wildman–Crippen LogP) is 1.91. The third-order valence-corrected chi connectivity index (χ3v) is 5.44. The van der Waals surface area contributed by atoms with Gasteiger partial charge in [-0.05, 0) is 50.0 Å². The first-order valence-corrected chi connectivity index (χ1v) is 10.2. The smallest absolute Gasteiger partial charge is 0.119 e. The van der Waals surface area contributed by atoms with Crippen molar-refractivity contribution in [2.24, 2.45) is 5.92 Å². The van der Waals surface area contributed by atoms with E-state index >= 15 is 0 Å². The van der Waals surface area contributed by atoms with Gasteiger partial charge in [0.05, 0.1) is 0 Å². The number of hydrogen-bond donors (Lipinski definition) is 1. The van der Waals surface area contributed by atoms with Gasteiger partial charge in [0.1, 0.15) is 18.5 Å². The fraction of sp³-hybridized carbons (Fsp3) is 0.714. The second-order valence-corrected chi connectivity index (χ2v) is 7.99. The summed E-state index contributed by atoms with van der Waals surface area (Å²) >= 11 is 0. The molecule has 1 aromatic carbocycles. The molecule has 0 amide bonds. The molecule has 1 aliphatic heterocycles. The van der Waals surface area contributed by atoms with Gasteiger partial charge in [0.15, 0.2) is 0 Å². The molecule has 2 aliphatic rings. The lowest BCUT2D eigenvalue weighted by Crippen LogP contribution is -2.49. The summed E-state index contributed by atoms with van der Waals surface area (Å²) in [5, 5.41) is 10.3. The minimum absolute atomic E-state index is 0.357. The zero-order valence-corrected chi connectivity index (χ0v) is 16.4. The first-order chi connectivity index (χ1) is 12.6. The van der Waals surface area contributed by atoms with Crippen molar-refractivity contribution < 1.29 is 9.84 Å². The van der Waals surface area contributed by atoms with Gasteiger partial charge in [0, 0.05) is 45.8 Å². The van der Waals surface area contributed by atoms with E-state index in [1.807, 2.05) is 12.1 Å². The van der Waals surface area contributed by atoms with Gasteiger partial charge in [-0.15, -0.1) is 0 Å². The Kier molecular flexibility index (Phi) is 7.32. The number of benzene rings is 1. The van der Waals surface area contributed by atoms with Gasteiger partial charge < -0.3 is 19.6 Å². The van der Waals surface area contributed by atoms with Crippen LogP contribution in [-0.2, 0) is 6.54 Å². The Hall–Kier alpha value is -1.14. The van der Waals surface area contributed by atoms with Crippen LogP contribution in [0.25, 0.3) is 0 Å². The molecule has 146 valence electrons. The maximum Gasteiger partial charge on any atom is 0.119 e. The molecule has 0 spiro atoms. The van der Waals surface area contributed by atoms with Crippen LogP contribution in [0.1, 0.15) is 25.3 Å². The summed E-state index contributed by atoms with van der Waals surface area (Å²) in [5.41, 5.74) is 1.27. The SMILES string of the molecule is CCN1CCN(CC(O)COc2cccc(CN(C)CC3CC3)c2)CC1. The zero-order chi connectivity index (χ0) is 18.4. The van der Waals surface area contributed by atoms with Crippen molar-refractivity contribution in [2.75, 3.05) is 59.5 Å². The molecule has 0 radical (unpaired) electrons. The number of likely N-dealkylation sites (N-methyl/N-ethyl adjacent to an activating group) is 1. The molecule has 1 atom stereocenters. The lowest BCUT2D eigenvalue weighted by Gasteiger charge is -2.34. The summed E-state index contributed by atoms with van der Waals surface area (Å²) in [5.74, 6) is 1.77. The predicted molar refractivity (Wildman–Crippen MR) is 106 cm³/mol. The molecule has 0 aromatic heterocycles. The van der Waals surface area contributed by atoms with E-state index in [2.05, 4.69) is 40.8 Å². The van der Waals surface area contributed by atoms with Crippen molar-refractivity contribution in [2.45, 2.75) is 32.4 Å². The number of β-amino-alcohol motifs (C(OH)–C–C–N with tert-alkyl or cyclic N) is 1. The minimum atomic E-state index is -0.440. The molecule has 0 bridgehead atoms. The summed E-state index contributed by atoms with van der Waals surface area (Å²) in [6.07, 6.45) is 2.34. The van der Waals surface area contributed by atoms with Crippen molar-refractivity contribution in [3.05, 3.63) is 29.8 Å². The Labute approximate surface area is 158 Å². The van der Waals surface area contributed by atoms with Crippen molar-refractivity contribution in [3.8, 4) is 5.75 Å². The molecule has 26 heavy (non-hydrogen) atoms. The first-order valence-electron chi connectivity index (χ1n) is 10.2. The Morgan fingerprint density at radius 3 is 2.62 bits per heavy atom. The van der Waals surface area contributed by atoms with E-state index < -0.39 is 6.10 Å². The van der Waals surface area contributed by atoms with Crippen molar-refractivity contribution in [3.63, 3.8) is 0 Å². The molecule has 1 saturated carbocycles. The van der Waals surface area contributed by atoms with Crippen LogP contribution < -0.4 is 4.74 Å². The van der Waals surface area contributed by atoms with Crippen LogP contribution in [0.3, 0.4) is 0 Å². The van der Waals surface area contributed by atoms with Crippen LogP contribution in [-0.4, -0.2) is 85.4 Å². The number of nitrogens with zero attached hydrogens (tertiary/aromatic N) is 3. The molecule has 1 aliphatic carbocycles. The number of aliphatic hydroxyl groups is 1. The van der Waals surface area contributed by atoms with Gasteiger partial charge in [0.2, 0.25) is 0 Å². The summed E-state index contributed by atoms with van der Waals surface area (Å²) in [4.78, 5) is 7.18. The maximum absolute atomic E-state index is 10.3. The minimum Gasteiger partial charge on any atom is -0.491 e. The Balaban J connectivity index is 1.38. The van der Waals surface area contributed by atoms with Gasteiger partial charge >= 0.3 is 0 Å². The second kappa shape index (κ2) is 9.70. The van der Waals surface area contributed by atoms with E-state index in [0.717, 1.165) is 50.9 Å². The second-order valence-electron chi connectivity index (χ2n) is 7.99. The molecular formula is C21H35N3O2. The molecular weight excluding hydrogens is 326 g/mol. The van der Waals surface area contributed by atoms with Crippen molar-refractivity contribution in [1.29, 1.82) is 0 Å². The van der Waals surface area contributed by atoms with Crippen LogP contribution in [0.15, 0.2) is 24.3 Å². The third kappa shape index (κ3) is 6.54. The molecule has 1 unspecified atom stereocenters. The van der Waals surface area contributed by atoms with E-state index in [-0.39, 0.29) is 0 Å². The number of aliphatic hydroxyl groups excluding tert-OH is 1. The quantitative estimate of drug-likeness (QED) is 0.689. The van der Waals surface area contributed by atoms with Gasteiger partial charge in [0.25, 0.3) is 0 Å². The average Bonchev–Trinajstić information content (AvgIpc) is 3.45. The zero-order valence-electron chi connectivity index (χ0n) is 16.4. The summed E-state index contributed by atoms with van der Waals surface area (Å²) in [6.45, 7) is 10.8. The van der Waals surface area contributed by atoms with Crippen LogP contribution in [0, 0.1) is 5.92 Å². The van der Waals surface area contributed by atoms with Crippen LogP contribution in [0.2, 0.25) is 0 Å². The molecule has 1 heterocycles. The Morgan fingerprint density at radius 2 is 1.92 bits per heavy atom. The van der Waals surface area contributed by atoms with Gasteiger partial charge in [-0.1, -0.05) is 19.1 Å². The number of ether oxygens (including phenoxy) is 1. The van der Waals surface area contributed by atoms with Gasteiger partial charge in [-0.3, -0.25) is 4.90 Å². The highest BCUT2D eigenvalue weighted by Crippen LogP contribution is 2.29. The van der Waals surface area contributed by atoms with E-state index in [9.17, 15) is 5.11 Å². The normalized spacial score (nSPS) is 20.5.